The van der Waals surface area contributed by atoms with Gasteiger partial charge in [0.15, 0.2) is 5.60 Å². The van der Waals surface area contributed by atoms with Crippen LogP contribution in [0.2, 0.25) is 0 Å². The van der Waals surface area contributed by atoms with Gasteiger partial charge >= 0.3 is 0 Å². The molecule has 1 aliphatic carbocycles. The van der Waals surface area contributed by atoms with Crippen LogP contribution in [0.4, 0.5) is 0 Å². The van der Waals surface area contributed by atoms with Crippen LogP contribution in [0, 0.1) is 0 Å². The smallest absolute Gasteiger partial charge is 0.255 e. The average molecular weight is 404 g/mol. The Kier molecular flexibility index (Phi) is 3.79. The van der Waals surface area contributed by atoms with E-state index in [-0.39, 0.29) is 35.3 Å². The fourth-order valence-electron chi connectivity index (χ4n) is 4.83. The van der Waals surface area contributed by atoms with Crippen molar-refractivity contribution in [2.45, 2.75) is 45.3 Å². The fraction of sp³-hybridized carbons (Fsp3) is 0.304. The summed E-state index contributed by atoms with van der Waals surface area (Å²) in [5, 5.41) is 21.8. The highest BCUT2D eigenvalue weighted by atomic mass is 16.3. The number of carbonyl (C=O) groups excluding carboxylic acids is 2. The van der Waals surface area contributed by atoms with Crippen molar-refractivity contribution < 1.29 is 19.8 Å². The summed E-state index contributed by atoms with van der Waals surface area (Å²) in [6, 6.07) is 6.62. The minimum atomic E-state index is -1.99. The number of rotatable bonds is 2. The molecule has 0 saturated carbocycles. The second-order valence-electron chi connectivity index (χ2n) is 7.93. The number of hydrogen-bond donors (Lipinski definition) is 2. The van der Waals surface area contributed by atoms with Gasteiger partial charge in [-0.25, -0.2) is 4.98 Å². The Morgan fingerprint density at radius 1 is 1.13 bits per heavy atom. The van der Waals surface area contributed by atoms with Crippen LogP contribution in [-0.4, -0.2) is 31.3 Å². The summed E-state index contributed by atoms with van der Waals surface area (Å²) in [6.07, 6.45) is 0.393. The lowest BCUT2D eigenvalue weighted by Gasteiger charge is -2.31. The zero-order chi connectivity index (χ0) is 21.4. The van der Waals surface area contributed by atoms with Crippen molar-refractivity contribution in [3.63, 3.8) is 0 Å². The van der Waals surface area contributed by atoms with E-state index >= 15 is 0 Å². The van der Waals surface area contributed by atoms with Crippen LogP contribution in [-0.2, 0) is 34.6 Å². The first-order valence-electron chi connectivity index (χ1n) is 10.0. The molecule has 2 N–H and O–H groups in total. The largest absolute Gasteiger partial charge is 0.508 e. The van der Waals surface area contributed by atoms with Crippen LogP contribution in [0.15, 0.2) is 29.1 Å². The van der Waals surface area contributed by atoms with Crippen molar-refractivity contribution >= 4 is 22.5 Å². The Hall–Kier alpha value is -3.32. The molecule has 0 unspecified atom stereocenters. The first kappa shape index (κ1) is 18.7. The molecule has 1 aliphatic heterocycles. The molecule has 0 spiro atoms. The number of aliphatic hydroxyl groups is 1. The highest BCUT2D eigenvalue weighted by Crippen LogP contribution is 2.40. The van der Waals surface area contributed by atoms with E-state index in [1.807, 2.05) is 6.92 Å². The molecule has 3 aromatic rings. The molecule has 0 amide bonds. The number of hydrogen-bond acceptors (Lipinski definition) is 6. The molecular formula is C23H20N2O5. The third-order valence-corrected chi connectivity index (χ3v) is 6.42. The fourth-order valence-corrected chi connectivity index (χ4v) is 4.83. The molecule has 30 heavy (non-hydrogen) atoms. The Bertz CT molecular complexity index is 1350. The summed E-state index contributed by atoms with van der Waals surface area (Å²) in [4.78, 5) is 42.7. The van der Waals surface area contributed by atoms with Crippen molar-refractivity contribution in [1.82, 2.24) is 9.55 Å². The second kappa shape index (κ2) is 6.09. The highest BCUT2D eigenvalue weighted by molar-refractivity contribution is 6.41. The number of ketones is 2. The van der Waals surface area contributed by atoms with Gasteiger partial charge in [0, 0.05) is 28.5 Å². The zero-order valence-corrected chi connectivity index (χ0v) is 16.7. The van der Waals surface area contributed by atoms with Gasteiger partial charge in [-0.2, -0.15) is 0 Å². The third-order valence-electron chi connectivity index (χ3n) is 6.42. The van der Waals surface area contributed by atoms with Crippen LogP contribution >= 0.6 is 0 Å². The molecule has 1 atom stereocenters. The first-order valence-corrected chi connectivity index (χ1v) is 10.0. The van der Waals surface area contributed by atoms with Gasteiger partial charge in [-0.15, -0.1) is 0 Å². The van der Waals surface area contributed by atoms with E-state index in [0.717, 1.165) is 16.5 Å². The molecule has 1 aromatic carbocycles. The van der Waals surface area contributed by atoms with Crippen molar-refractivity contribution in [1.29, 1.82) is 0 Å². The number of phenolic OH excluding ortho intramolecular Hbond substituents is 1. The van der Waals surface area contributed by atoms with Gasteiger partial charge in [-0.05, 0) is 42.7 Å². The summed E-state index contributed by atoms with van der Waals surface area (Å²) in [5.41, 5.74) is 1.77. The zero-order valence-electron chi connectivity index (χ0n) is 16.7. The standard InChI is InChI=1S/C23H20N2O5/c1-3-12-13-7-11(26)5-6-17(13)24-20-15(12)10-25-18(20)9-16-14(22(25)29)8-19(27)21(28)23(16,30)4-2/h5-7,9,26,30H,3-4,8,10H2,1-2H3/t23-/m0/s1. The quantitative estimate of drug-likeness (QED) is 0.495. The lowest BCUT2D eigenvalue weighted by molar-refractivity contribution is -0.150. The summed E-state index contributed by atoms with van der Waals surface area (Å²) in [5.74, 6) is -1.46. The topological polar surface area (TPSA) is 109 Å². The number of benzene rings is 1. The Labute approximate surface area is 171 Å². The number of aryl methyl sites for hydroxylation is 1. The van der Waals surface area contributed by atoms with E-state index in [1.54, 1.807) is 35.8 Å². The summed E-state index contributed by atoms with van der Waals surface area (Å²) in [7, 11) is 0. The number of Topliss-reactive ketones (excluding diaryl/α,β-unsaturated/α-hetero) is 2. The Morgan fingerprint density at radius 3 is 2.60 bits per heavy atom. The third kappa shape index (κ3) is 2.24. The van der Waals surface area contributed by atoms with E-state index < -0.39 is 17.2 Å². The number of carbonyl (C=O) groups is 2. The maximum Gasteiger partial charge on any atom is 0.255 e. The number of phenols is 1. The van der Waals surface area contributed by atoms with E-state index in [9.17, 15) is 24.6 Å². The summed E-state index contributed by atoms with van der Waals surface area (Å²) >= 11 is 0. The number of aromatic nitrogens is 2. The molecule has 0 fully saturated rings. The van der Waals surface area contributed by atoms with E-state index in [0.29, 0.717) is 29.9 Å². The molecule has 7 nitrogen and oxygen atoms in total. The highest BCUT2D eigenvalue weighted by Gasteiger charge is 2.47. The summed E-state index contributed by atoms with van der Waals surface area (Å²) in [6.45, 7) is 3.92. The summed E-state index contributed by atoms with van der Waals surface area (Å²) < 4.78 is 1.56. The Morgan fingerprint density at radius 2 is 1.90 bits per heavy atom. The van der Waals surface area contributed by atoms with Gasteiger partial charge in [0.05, 0.1) is 23.4 Å². The van der Waals surface area contributed by atoms with Crippen molar-refractivity contribution in [2.24, 2.45) is 0 Å². The maximum absolute atomic E-state index is 13.3. The van der Waals surface area contributed by atoms with Crippen molar-refractivity contribution in [2.75, 3.05) is 0 Å². The minimum Gasteiger partial charge on any atom is -0.508 e. The number of aromatic hydroxyl groups is 1. The van der Waals surface area contributed by atoms with Crippen LogP contribution in [0.5, 0.6) is 5.75 Å². The molecule has 2 aromatic heterocycles. The second-order valence-corrected chi connectivity index (χ2v) is 7.93. The average Bonchev–Trinajstić information content (AvgIpc) is 3.10. The van der Waals surface area contributed by atoms with E-state index in [2.05, 4.69) is 0 Å². The minimum absolute atomic E-state index is 0.00492. The predicted octanol–water partition coefficient (Wildman–Crippen LogP) is 1.99. The molecule has 7 heteroatoms. The lowest BCUT2D eigenvalue weighted by Crippen LogP contribution is -2.48. The van der Waals surface area contributed by atoms with Crippen molar-refractivity contribution in [3.8, 4) is 17.1 Å². The molecule has 0 saturated heterocycles. The molecule has 5 rings (SSSR count). The molecular weight excluding hydrogens is 384 g/mol. The first-order chi connectivity index (χ1) is 14.3. The van der Waals surface area contributed by atoms with Gasteiger partial charge in [0.2, 0.25) is 11.6 Å². The van der Waals surface area contributed by atoms with Gasteiger partial charge in [-0.1, -0.05) is 13.8 Å². The van der Waals surface area contributed by atoms with Gasteiger partial charge in [0.25, 0.3) is 5.56 Å². The lowest BCUT2D eigenvalue weighted by atomic mass is 9.76. The molecule has 0 radical (unpaired) electrons. The molecule has 0 bridgehead atoms. The van der Waals surface area contributed by atoms with Gasteiger partial charge in [0.1, 0.15) is 5.75 Å². The van der Waals surface area contributed by atoms with Crippen LogP contribution in [0.3, 0.4) is 0 Å². The number of pyridine rings is 2. The van der Waals surface area contributed by atoms with Crippen LogP contribution in [0.1, 0.15) is 42.5 Å². The van der Waals surface area contributed by atoms with Crippen LogP contribution in [0.25, 0.3) is 22.3 Å². The number of fused-ring (bicyclic) bond motifs is 5. The molecule has 3 heterocycles. The van der Waals surface area contributed by atoms with Crippen LogP contribution < -0.4 is 5.56 Å². The Balaban J connectivity index is 1.85. The number of nitrogens with zero attached hydrogens (tertiary/aromatic N) is 2. The molecule has 152 valence electrons. The SMILES string of the molecule is CCc1c2c(nc3ccc(O)cc13)-c1cc3c(c(=O)n1C2)CC(=O)C(=O)[C@]3(O)CC. The normalized spacial score (nSPS) is 19.7. The molecule has 2 aliphatic rings. The van der Waals surface area contributed by atoms with E-state index in [4.69, 9.17) is 4.98 Å². The van der Waals surface area contributed by atoms with Crippen molar-refractivity contribution in [3.05, 3.63) is 56.9 Å². The predicted molar refractivity (Wildman–Crippen MR) is 109 cm³/mol. The monoisotopic (exact) mass is 404 g/mol. The van der Waals surface area contributed by atoms with Gasteiger partial charge < -0.3 is 14.8 Å². The maximum atomic E-state index is 13.3. The van der Waals surface area contributed by atoms with E-state index in [1.165, 1.54) is 0 Å². The van der Waals surface area contributed by atoms with Gasteiger partial charge in [-0.3, -0.25) is 14.4 Å².